The minimum absolute atomic E-state index is 0.528. The predicted molar refractivity (Wildman–Crippen MR) is 115 cm³/mol. The maximum Gasteiger partial charge on any atom is 0.232 e. The molecule has 6 nitrogen and oxygen atoms in total. The van der Waals surface area contributed by atoms with Gasteiger partial charge in [0.15, 0.2) is 5.16 Å². The SMILES string of the molecule is N#Cc1cccc(OCCSc2nnc(N3CCCCC3)n2-c2ccccc2)c1. The second-order valence-corrected chi connectivity index (χ2v) is 7.90. The van der Waals surface area contributed by atoms with E-state index in [0.29, 0.717) is 17.9 Å². The molecule has 29 heavy (non-hydrogen) atoms. The topological polar surface area (TPSA) is 67.0 Å². The lowest BCUT2D eigenvalue weighted by molar-refractivity contribution is 0.344. The van der Waals surface area contributed by atoms with E-state index in [4.69, 9.17) is 10.00 Å². The second kappa shape index (κ2) is 9.48. The molecule has 2 aromatic carbocycles. The molecule has 0 radical (unpaired) electrons. The van der Waals surface area contributed by atoms with Gasteiger partial charge in [0.2, 0.25) is 5.95 Å². The molecule has 148 valence electrons. The number of benzene rings is 2. The smallest absolute Gasteiger partial charge is 0.232 e. The highest BCUT2D eigenvalue weighted by Crippen LogP contribution is 2.28. The van der Waals surface area contributed by atoms with Crippen LogP contribution in [0.3, 0.4) is 0 Å². The average Bonchev–Trinajstić information content (AvgIpc) is 3.22. The summed E-state index contributed by atoms with van der Waals surface area (Å²) >= 11 is 1.63. The molecule has 0 amide bonds. The molecular weight excluding hydrogens is 382 g/mol. The molecule has 0 unspecified atom stereocenters. The number of nitrogens with zero attached hydrogens (tertiary/aromatic N) is 5. The van der Waals surface area contributed by atoms with E-state index in [2.05, 4.69) is 37.9 Å². The fraction of sp³-hybridized carbons (Fsp3) is 0.318. The summed E-state index contributed by atoms with van der Waals surface area (Å²) in [6.45, 7) is 2.57. The highest BCUT2D eigenvalue weighted by atomic mass is 32.2. The highest BCUT2D eigenvalue weighted by molar-refractivity contribution is 7.99. The summed E-state index contributed by atoms with van der Waals surface area (Å²) in [6.07, 6.45) is 3.67. The van der Waals surface area contributed by atoms with E-state index in [1.54, 1.807) is 23.9 Å². The molecule has 1 aliphatic rings. The zero-order valence-corrected chi connectivity index (χ0v) is 17.0. The molecule has 1 aliphatic heterocycles. The Kier molecular flexibility index (Phi) is 6.32. The number of hydrogen-bond donors (Lipinski definition) is 0. The normalized spacial score (nSPS) is 13.8. The van der Waals surface area contributed by atoms with E-state index in [1.807, 2.05) is 30.3 Å². The van der Waals surface area contributed by atoms with Crippen LogP contribution in [0.1, 0.15) is 24.8 Å². The third-order valence-corrected chi connectivity index (χ3v) is 5.71. The number of piperidine rings is 1. The van der Waals surface area contributed by atoms with Crippen molar-refractivity contribution in [1.29, 1.82) is 5.26 Å². The van der Waals surface area contributed by atoms with Crippen LogP contribution in [0.5, 0.6) is 5.75 Å². The Balaban J connectivity index is 1.46. The van der Waals surface area contributed by atoms with Crippen LogP contribution in [0.15, 0.2) is 59.8 Å². The van der Waals surface area contributed by atoms with E-state index in [1.165, 1.54) is 19.3 Å². The third-order valence-electron chi connectivity index (χ3n) is 4.82. The molecule has 0 aliphatic carbocycles. The summed E-state index contributed by atoms with van der Waals surface area (Å²) in [5.74, 6) is 2.37. The summed E-state index contributed by atoms with van der Waals surface area (Å²) in [4.78, 5) is 2.33. The van der Waals surface area contributed by atoms with Gasteiger partial charge in [-0.25, -0.2) is 0 Å². The molecule has 7 heteroatoms. The Hall–Kier alpha value is -2.98. The number of hydrogen-bond acceptors (Lipinski definition) is 6. The minimum atomic E-state index is 0.528. The molecule has 1 aromatic heterocycles. The van der Waals surface area contributed by atoms with Crippen molar-refractivity contribution in [3.63, 3.8) is 0 Å². The molecule has 3 aromatic rings. The van der Waals surface area contributed by atoms with Gasteiger partial charge in [0.05, 0.1) is 23.9 Å². The van der Waals surface area contributed by atoms with E-state index in [-0.39, 0.29) is 0 Å². The van der Waals surface area contributed by atoms with Gasteiger partial charge in [-0.2, -0.15) is 5.26 Å². The lowest BCUT2D eigenvalue weighted by Crippen LogP contribution is -2.31. The summed E-state index contributed by atoms with van der Waals surface area (Å²) in [7, 11) is 0. The van der Waals surface area contributed by atoms with Gasteiger partial charge in [-0.3, -0.25) is 4.57 Å². The Morgan fingerprint density at radius 3 is 2.62 bits per heavy atom. The van der Waals surface area contributed by atoms with Gasteiger partial charge in [-0.1, -0.05) is 36.0 Å². The highest BCUT2D eigenvalue weighted by Gasteiger charge is 2.21. The van der Waals surface area contributed by atoms with Gasteiger partial charge >= 0.3 is 0 Å². The number of aromatic nitrogens is 3. The van der Waals surface area contributed by atoms with Crippen LogP contribution in [0, 0.1) is 11.3 Å². The molecule has 2 heterocycles. The Morgan fingerprint density at radius 1 is 1.00 bits per heavy atom. The number of anilines is 1. The van der Waals surface area contributed by atoms with Gasteiger partial charge in [0, 0.05) is 18.8 Å². The Morgan fingerprint density at radius 2 is 1.83 bits per heavy atom. The van der Waals surface area contributed by atoms with Gasteiger partial charge < -0.3 is 9.64 Å². The van der Waals surface area contributed by atoms with Crippen molar-refractivity contribution >= 4 is 17.7 Å². The number of ether oxygens (including phenoxy) is 1. The molecule has 0 bridgehead atoms. The lowest BCUT2D eigenvalue weighted by atomic mass is 10.1. The van der Waals surface area contributed by atoms with Crippen molar-refractivity contribution < 1.29 is 4.74 Å². The summed E-state index contributed by atoms with van der Waals surface area (Å²) < 4.78 is 7.94. The standard InChI is InChI=1S/C22H23N5OS/c23-17-18-8-7-11-20(16-18)28-14-15-29-22-25-24-21(26-12-5-2-6-13-26)27(22)19-9-3-1-4-10-19/h1,3-4,7-11,16H,2,5-6,12-15H2. The first kappa shape index (κ1) is 19.3. The van der Waals surface area contributed by atoms with Crippen molar-refractivity contribution in [3.8, 4) is 17.5 Å². The fourth-order valence-electron chi connectivity index (χ4n) is 3.41. The molecule has 0 spiro atoms. The van der Waals surface area contributed by atoms with Crippen molar-refractivity contribution in [2.75, 3.05) is 30.3 Å². The van der Waals surface area contributed by atoms with E-state index < -0.39 is 0 Å². The molecular formula is C22H23N5OS. The van der Waals surface area contributed by atoms with E-state index in [9.17, 15) is 0 Å². The van der Waals surface area contributed by atoms with Crippen LogP contribution in [0.2, 0.25) is 0 Å². The van der Waals surface area contributed by atoms with Gasteiger partial charge in [-0.15, -0.1) is 10.2 Å². The first-order valence-corrected chi connectivity index (χ1v) is 10.9. The van der Waals surface area contributed by atoms with Gasteiger partial charge in [0.25, 0.3) is 0 Å². The molecule has 1 fully saturated rings. The lowest BCUT2D eigenvalue weighted by Gasteiger charge is -2.27. The Bertz CT molecular complexity index is 976. The fourth-order valence-corrected chi connectivity index (χ4v) is 4.17. The van der Waals surface area contributed by atoms with Crippen LogP contribution in [-0.2, 0) is 0 Å². The first-order chi connectivity index (χ1) is 14.3. The first-order valence-electron chi connectivity index (χ1n) is 9.87. The molecule has 1 saturated heterocycles. The summed E-state index contributed by atoms with van der Waals surface area (Å²) in [5, 5.41) is 18.9. The van der Waals surface area contributed by atoms with Crippen LogP contribution in [0.4, 0.5) is 5.95 Å². The number of nitriles is 1. The second-order valence-electron chi connectivity index (χ2n) is 6.84. The molecule has 4 rings (SSSR count). The molecule has 0 N–H and O–H groups in total. The maximum atomic E-state index is 9.00. The van der Waals surface area contributed by atoms with Gasteiger partial charge in [-0.05, 0) is 49.6 Å². The van der Waals surface area contributed by atoms with E-state index >= 15 is 0 Å². The van der Waals surface area contributed by atoms with Crippen molar-refractivity contribution in [2.24, 2.45) is 0 Å². The number of rotatable bonds is 7. The Labute approximate surface area is 175 Å². The average molecular weight is 406 g/mol. The van der Waals surface area contributed by atoms with Crippen LogP contribution >= 0.6 is 11.8 Å². The van der Waals surface area contributed by atoms with E-state index in [0.717, 1.165) is 35.6 Å². The largest absolute Gasteiger partial charge is 0.493 e. The molecule has 0 saturated carbocycles. The quantitative estimate of drug-likeness (QED) is 0.431. The van der Waals surface area contributed by atoms with Crippen molar-refractivity contribution in [1.82, 2.24) is 14.8 Å². The number of para-hydroxylation sites is 1. The summed E-state index contributed by atoms with van der Waals surface area (Å²) in [5.41, 5.74) is 1.67. The monoisotopic (exact) mass is 405 g/mol. The van der Waals surface area contributed by atoms with Crippen LogP contribution in [0.25, 0.3) is 5.69 Å². The van der Waals surface area contributed by atoms with Crippen molar-refractivity contribution in [3.05, 3.63) is 60.2 Å². The summed E-state index contributed by atoms with van der Waals surface area (Å²) in [6, 6.07) is 19.6. The zero-order valence-electron chi connectivity index (χ0n) is 16.2. The third kappa shape index (κ3) is 4.72. The zero-order chi connectivity index (χ0) is 19.9. The van der Waals surface area contributed by atoms with Crippen LogP contribution < -0.4 is 9.64 Å². The van der Waals surface area contributed by atoms with Gasteiger partial charge in [0.1, 0.15) is 5.75 Å². The molecule has 0 atom stereocenters. The predicted octanol–water partition coefficient (Wildman–Crippen LogP) is 4.30. The maximum absolute atomic E-state index is 9.00. The van der Waals surface area contributed by atoms with Crippen LogP contribution in [-0.4, -0.2) is 40.2 Å². The minimum Gasteiger partial charge on any atom is -0.493 e. The van der Waals surface area contributed by atoms with Crippen molar-refractivity contribution in [2.45, 2.75) is 24.4 Å². The number of thioether (sulfide) groups is 1.